The molecule has 3 N–H and O–H groups in total. The number of aromatic nitrogens is 3. The highest BCUT2D eigenvalue weighted by molar-refractivity contribution is 7.21. The van der Waals surface area contributed by atoms with Gasteiger partial charge in [0, 0.05) is 25.7 Å². The Hall–Kier alpha value is -2.70. The van der Waals surface area contributed by atoms with Crippen molar-refractivity contribution in [2.45, 2.75) is 25.1 Å². The van der Waals surface area contributed by atoms with E-state index in [1.165, 1.54) is 12.1 Å². The number of fused-ring (bicyclic) bond motifs is 1. The summed E-state index contributed by atoms with van der Waals surface area (Å²) in [5.41, 5.74) is -0.840. The molecule has 0 radical (unpaired) electrons. The number of morpholine rings is 1. The SMILES string of the molecule is O=c1[nH]c(N2CCOCC2)nc(N[C@@H]2CCCNC2)c1-c1nc2cccc(C(F)(F)F)c2s1. The smallest absolute Gasteiger partial charge is 0.378 e. The summed E-state index contributed by atoms with van der Waals surface area (Å²) in [6.07, 6.45) is -2.64. The van der Waals surface area contributed by atoms with Crippen LogP contribution in [0.25, 0.3) is 20.8 Å². The largest absolute Gasteiger partial charge is 0.417 e. The molecular formula is C21H23F3N6O2S. The molecule has 0 spiro atoms. The number of ether oxygens (including phenoxy) is 1. The van der Waals surface area contributed by atoms with E-state index >= 15 is 0 Å². The van der Waals surface area contributed by atoms with Gasteiger partial charge in [-0.1, -0.05) is 6.07 Å². The maximum Gasteiger partial charge on any atom is 0.417 e. The van der Waals surface area contributed by atoms with E-state index in [2.05, 4.69) is 25.6 Å². The second kappa shape index (κ2) is 8.92. The van der Waals surface area contributed by atoms with Crippen molar-refractivity contribution in [1.82, 2.24) is 20.3 Å². The summed E-state index contributed by atoms with van der Waals surface area (Å²) in [6.45, 7) is 3.85. The average molecular weight is 481 g/mol. The Kier molecular flexibility index (Phi) is 5.97. The molecule has 0 unspecified atom stereocenters. The van der Waals surface area contributed by atoms with E-state index in [4.69, 9.17) is 4.74 Å². The van der Waals surface area contributed by atoms with Crippen molar-refractivity contribution in [1.29, 1.82) is 0 Å². The number of nitrogens with one attached hydrogen (secondary N) is 3. The highest BCUT2D eigenvalue weighted by atomic mass is 32.1. The molecule has 2 saturated heterocycles. The number of H-pyrrole nitrogens is 1. The summed E-state index contributed by atoms with van der Waals surface area (Å²) >= 11 is 0.855. The van der Waals surface area contributed by atoms with Gasteiger partial charge < -0.3 is 20.3 Å². The van der Waals surface area contributed by atoms with Crippen molar-refractivity contribution in [3.05, 3.63) is 34.1 Å². The molecule has 5 rings (SSSR count). The molecule has 8 nitrogen and oxygen atoms in total. The predicted molar refractivity (Wildman–Crippen MR) is 121 cm³/mol. The molecule has 176 valence electrons. The Morgan fingerprint density at radius 2 is 2.03 bits per heavy atom. The molecule has 33 heavy (non-hydrogen) atoms. The molecule has 12 heteroatoms. The summed E-state index contributed by atoms with van der Waals surface area (Å²) in [7, 11) is 0. The topological polar surface area (TPSA) is 95.2 Å². The quantitative estimate of drug-likeness (QED) is 0.528. The van der Waals surface area contributed by atoms with Crippen LogP contribution in [0.5, 0.6) is 0 Å². The maximum atomic E-state index is 13.5. The van der Waals surface area contributed by atoms with Gasteiger partial charge in [0.15, 0.2) is 0 Å². The van der Waals surface area contributed by atoms with Crippen LogP contribution in [-0.2, 0) is 10.9 Å². The van der Waals surface area contributed by atoms with Crippen molar-refractivity contribution in [3.8, 4) is 10.6 Å². The highest BCUT2D eigenvalue weighted by Crippen LogP contribution is 2.40. The second-order valence-corrected chi connectivity index (χ2v) is 9.07. The molecule has 2 aliphatic rings. The number of nitrogens with zero attached hydrogens (tertiary/aromatic N) is 3. The lowest BCUT2D eigenvalue weighted by Crippen LogP contribution is -2.40. The summed E-state index contributed by atoms with van der Waals surface area (Å²) in [6, 6.07) is 3.92. The Morgan fingerprint density at radius 1 is 1.21 bits per heavy atom. The molecule has 2 aromatic heterocycles. The Bertz CT molecular complexity index is 1200. The fourth-order valence-electron chi connectivity index (χ4n) is 4.14. The zero-order chi connectivity index (χ0) is 23.0. The highest BCUT2D eigenvalue weighted by Gasteiger charge is 2.34. The third kappa shape index (κ3) is 4.55. The second-order valence-electron chi connectivity index (χ2n) is 8.07. The number of hydrogen-bond donors (Lipinski definition) is 3. The lowest BCUT2D eigenvalue weighted by Gasteiger charge is -2.29. The first kappa shape index (κ1) is 22.1. The Morgan fingerprint density at radius 3 is 2.76 bits per heavy atom. The number of anilines is 2. The normalized spacial score (nSPS) is 19.7. The zero-order valence-corrected chi connectivity index (χ0v) is 18.5. The van der Waals surface area contributed by atoms with E-state index in [0.29, 0.717) is 44.6 Å². The molecule has 0 aliphatic carbocycles. The average Bonchev–Trinajstić information content (AvgIpc) is 3.23. The minimum Gasteiger partial charge on any atom is -0.378 e. The summed E-state index contributed by atoms with van der Waals surface area (Å²) in [5.74, 6) is 0.747. The van der Waals surface area contributed by atoms with Crippen molar-refractivity contribution in [2.75, 3.05) is 49.6 Å². The summed E-state index contributed by atoms with van der Waals surface area (Å²) < 4.78 is 45.9. The van der Waals surface area contributed by atoms with Gasteiger partial charge in [-0.25, -0.2) is 4.98 Å². The van der Waals surface area contributed by atoms with Crippen molar-refractivity contribution in [3.63, 3.8) is 0 Å². The summed E-state index contributed by atoms with van der Waals surface area (Å²) in [5, 5.41) is 6.87. The van der Waals surface area contributed by atoms with Crippen LogP contribution in [-0.4, -0.2) is 60.4 Å². The molecule has 3 aromatic rings. The number of hydrogen-bond acceptors (Lipinski definition) is 8. The van der Waals surface area contributed by atoms with E-state index in [-0.39, 0.29) is 26.8 Å². The van der Waals surface area contributed by atoms with Crippen molar-refractivity contribution in [2.24, 2.45) is 0 Å². The summed E-state index contributed by atoms with van der Waals surface area (Å²) in [4.78, 5) is 27.0. The Labute approximate surface area is 191 Å². The monoisotopic (exact) mass is 480 g/mol. The minimum atomic E-state index is -4.51. The predicted octanol–water partition coefficient (Wildman–Crippen LogP) is 3.07. The van der Waals surface area contributed by atoms with Crippen LogP contribution < -0.4 is 21.1 Å². The van der Waals surface area contributed by atoms with Gasteiger partial charge in [-0.3, -0.25) is 9.78 Å². The lowest BCUT2D eigenvalue weighted by atomic mass is 10.1. The van der Waals surface area contributed by atoms with Crippen LogP contribution in [0.4, 0.5) is 24.9 Å². The molecule has 0 saturated carbocycles. The minimum absolute atomic E-state index is 0.00180. The van der Waals surface area contributed by atoms with Crippen molar-refractivity contribution < 1.29 is 17.9 Å². The molecular weight excluding hydrogens is 457 g/mol. The third-order valence-corrected chi connectivity index (χ3v) is 6.91. The van der Waals surface area contributed by atoms with E-state index in [0.717, 1.165) is 36.8 Å². The van der Waals surface area contributed by atoms with Crippen LogP contribution in [0, 0.1) is 0 Å². The van der Waals surface area contributed by atoms with Crippen LogP contribution in [0.3, 0.4) is 0 Å². The number of piperidine rings is 1. The fraction of sp³-hybridized carbons (Fsp3) is 0.476. The van der Waals surface area contributed by atoms with Gasteiger partial charge in [0.2, 0.25) is 5.95 Å². The molecule has 2 fully saturated rings. The first-order valence-corrected chi connectivity index (χ1v) is 11.6. The van der Waals surface area contributed by atoms with Crippen molar-refractivity contribution >= 4 is 33.3 Å². The first-order chi connectivity index (χ1) is 15.9. The van der Waals surface area contributed by atoms with Crippen LogP contribution in [0.2, 0.25) is 0 Å². The number of benzene rings is 1. The van der Waals surface area contributed by atoms with Gasteiger partial charge in [-0.2, -0.15) is 18.2 Å². The molecule has 0 amide bonds. The Balaban J connectivity index is 1.61. The molecule has 0 bridgehead atoms. The zero-order valence-electron chi connectivity index (χ0n) is 17.7. The molecule has 4 heterocycles. The van der Waals surface area contributed by atoms with Gasteiger partial charge in [0.25, 0.3) is 5.56 Å². The van der Waals surface area contributed by atoms with Gasteiger partial charge in [0.05, 0.1) is 29.0 Å². The molecule has 2 aliphatic heterocycles. The first-order valence-electron chi connectivity index (χ1n) is 10.8. The fourth-order valence-corrected chi connectivity index (χ4v) is 5.28. The number of aromatic amines is 1. The lowest BCUT2D eigenvalue weighted by molar-refractivity contribution is -0.136. The van der Waals surface area contributed by atoms with Gasteiger partial charge in [0.1, 0.15) is 16.4 Å². The van der Waals surface area contributed by atoms with E-state index < -0.39 is 17.3 Å². The van der Waals surface area contributed by atoms with E-state index in [1.54, 1.807) is 0 Å². The van der Waals surface area contributed by atoms with Gasteiger partial charge in [-0.05, 0) is 31.5 Å². The van der Waals surface area contributed by atoms with Crippen LogP contribution in [0.1, 0.15) is 18.4 Å². The molecule has 1 atom stereocenters. The standard InChI is InChI=1S/C21H23F3N6O2S/c22-21(23,24)13-4-1-5-14-16(13)33-19(27-14)15-17(26-12-3-2-6-25-11-12)28-20(29-18(15)31)30-7-9-32-10-8-30/h1,4-5,12,25H,2-3,6-11H2,(H2,26,28,29,31)/t12-/m1/s1. The van der Waals surface area contributed by atoms with Crippen LogP contribution >= 0.6 is 11.3 Å². The van der Waals surface area contributed by atoms with Gasteiger partial charge in [-0.15, -0.1) is 11.3 Å². The van der Waals surface area contributed by atoms with E-state index in [1.807, 2.05) is 4.90 Å². The number of rotatable bonds is 4. The van der Waals surface area contributed by atoms with Crippen LogP contribution in [0.15, 0.2) is 23.0 Å². The van der Waals surface area contributed by atoms with E-state index in [9.17, 15) is 18.0 Å². The number of halogens is 3. The van der Waals surface area contributed by atoms with Gasteiger partial charge >= 0.3 is 6.18 Å². The number of thiazole rings is 1. The number of alkyl halides is 3. The maximum absolute atomic E-state index is 13.5. The third-order valence-electron chi connectivity index (χ3n) is 5.79. The molecule has 1 aromatic carbocycles.